The molecule has 0 radical (unpaired) electrons. The molecular formula is C21H27BrN6O6S. The zero-order valence-corrected chi connectivity index (χ0v) is 22.1. The van der Waals surface area contributed by atoms with E-state index in [0.29, 0.717) is 34.6 Å². The number of aromatic nitrogens is 3. The molecule has 0 aliphatic carbocycles. The molecule has 0 aromatic carbocycles. The molecule has 2 bridgehead atoms. The first-order chi connectivity index (χ1) is 16.4. The normalized spacial score (nSPS) is 23.6. The topological polar surface area (TPSA) is 157 Å². The molecule has 2 aromatic heterocycles. The van der Waals surface area contributed by atoms with Crippen LogP contribution in [0.3, 0.4) is 0 Å². The molecular weight excluding hydrogens is 544 g/mol. The molecule has 3 unspecified atom stereocenters. The lowest BCUT2D eigenvalue weighted by Crippen LogP contribution is -2.49. The number of hydrogen-bond acceptors (Lipinski definition) is 8. The van der Waals surface area contributed by atoms with Crippen molar-refractivity contribution in [3.8, 4) is 0 Å². The van der Waals surface area contributed by atoms with Crippen LogP contribution >= 0.6 is 27.3 Å². The molecule has 2 aromatic rings. The summed E-state index contributed by atoms with van der Waals surface area (Å²) in [5.41, 5.74) is -0.136. The Morgan fingerprint density at radius 3 is 2.69 bits per heavy atom. The minimum atomic E-state index is -1.29. The van der Waals surface area contributed by atoms with Gasteiger partial charge < -0.3 is 25.2 Å². The van der Waals surface area contributed by atoms with E-state index in [2.05, 4.69) is 42.0 Å². The average molecular weight is 571 g/mol. The predicted molar refractivity (Wildman–Crippen MR) is 131 cm³/mol. The molecule has 35 heavy (non-hydrogen) atoms. The van der Waals surface area contributed by atoms with Gasteiger partial charge in [-0.15, -0.1) is 0 Å². The number of carboxylic acid groups (broad SMARTS) is 1. The maximum atomic E-state index is 13.0. The van der Waals surface area contributed by atoms with Crippen LogP contribution in [0.2, 0.25) is 0 Å². The molecule has 12 nitrogen and oxygen atoms in total. The van der Waals surface area contributed by atoms with Crippen LogP contribution in [-0.4, -0.2) is 55.7 Å². The first-order valence-corrected chi connectivity index (χ1v) is 12.7. The van der Waals surface area contributed by atoms with E-state index in [0.717, 1.165) is 17.8 Å². The number of fused-ring (bicyclic) bond motifs is 2. The third-order valence-electron chi connectivity index (χ3n) is 5.87. The van der Waals surface area contributed by atoms with E-state index in [4.69, 9.17) is 14.6 Å². The highest BCUT2D eigenvalue weighted by Crippen LogP contribution is 2.50. The number of halogens is 1. The van der Waals surface area contributed by atoms with E-state index < -0.39 is 29.3 Å². The van der Waals surface area contributed by atoms with Crippen molar-refractivity contribution >= 4 is 56.0 Å². The van der Waals surface area contributed by atoms with Crippen molar-refractivity contribution in [2.75, 3.05) is 10.6 Å². The number of alkyl carbamates (subject to hydrolysis) is 1. The van der Waals surface area contributed by atoms with Crippen LogP contribution < -0.4 is 16.0 Å². The van der Waals surface area contributed by atoms with Gasteiger partial charge in [0.1, 0.15) is 16.2 Å². The molecule has 2 fully saturated rings. The van der Waals surface area contributed by atoms with E-state index in [1.807, 2.05) is 20.8 Å². The maximum Gasteiger partial charge on any atom is 0.409 e. The van der Waals surface area contributed by atoms with Crippen LogP contribution in [0.25, 0.3) is 0 Å². The van der Waals surface area contributed by atoms with Crippen LogP contribution in [0.5, 0.6) is 0 Å². The Morgan fingerprint density at radius 1 is 1.29 bits per heavy atom. The Morgan fingerprint density at radius 2 is 2.00 bits per heavy atom. The molecule has 3 atom stereocenters. The Balaban J connectivity index is 1.51. The van der Waals surface area contributed by atoms with Crippen molar-refractivity contribution in [3.05, 3.63) is 21.5 Å². The van der Waals surface area contributed by atoms with Crippen molar-refractivity contribution < 1.29 is 29.0 Å². The van der Waals surface area contributed by atoms with Gasteiger partial charge in [0.15, 0.2) is 9.61 Å². The van der Waals surface area contributed by atoms with Crippen molar-refractivity contribution in [2.45, 2.75) is 69.8 Å². The number of anilines is 2. The lowest BCUT2D eigenvalue weighted by atomic mass is 9.89. The minimum absolute atomic E-state index is 0.0490. The molecule has 190 valence electrons. The number of thiazole rings is 1. The summed E-state index contributed by atoms with van der Waals surface area (Å²) in [5, 5.41) is 21.4. The highest BCUT2D eigenvalue weighted by atomic mass is 79.9. The van der Waals surface area contributed by atoms with Gasteiger partial charge in [-0.3, -0.25) is 14.8 Å². The van der Waals surface area contributed by atoms with Gasteiger partial charge in [0.05, 0.1) is 29.7 Å². The number of amides is 3. The fourth-order valence-electron chi connectivity index (χ4n) is 4.62. The molecule has 2 saturated heterocycles. The molecule has 0 spiro atoms. The number of nitrogens with one attached hydrogen (secondary N) is 3. The Kier molecular flexibility index (Phi) is 6.81. The number of aryl methyl sites for hydroxylation is 1. The highest BCUT2D eigenvalue weighted by Gasteiger charge is 2.51. The average Bonchev–Trinajstić information content (AvgIpc) is 3.39. The number of rotatable bonds is 5. The van der Waals surface area contributed by atoms with Crippen molar-refractivity contribution in [3.63, 3.8) is 0 Å². The van der Waals surface area contributed by atoms with E-state index in [-0.39, 0.29) is 22.8 Å². The number of carbonyl (C=O) groups is 3. The van der Waals surface area contributed by atoms with Crippen molar-refractivity contribution in [1.29, 1.82) is 0 Å². The number of ether oxygens (including phenoxy) is 2. The highest BCUT2D eigenvalue weighted by molar-refractivity contribution is 9.11. The van der Waals surface area contributed by atoms with E-state index >= 15 is 0 Å². The number of carbonyl (C=O) groups excluding carboxylic acids is 2. The maximum absolute atomic E-state index is 13.0. The zero-order chi connectivity index (χ0) is 25.5. The monoisotopic (exact) mass is 570 g/mol. The second kappa shape index (κ2) is 9.39. The summed E-state index contributed by atoms with van der Waals surface area (Å²) < 4.78 is 13.9. The fourth-order valence-corrected chi connectivity index (χ4v) is 5.96. The van der Waals surface area contributed by atoms with Crippen LogP contribution in [-0.2, 0) is 22.1 Å². The molecule has 3 amide bonds. The lowest BCUT2D eigenvalue weighted by Gasteiger charge is -2.38. The summed E-state index contributed by atoms with van der Waals surface area (Å²) in [6.45, 7) is 5.44. The summed E-state index contributed by atoms with van der Waals surface area (Å²) in [5.74, 6) is -0.573. The summed E-state index contributed by atoms with van der Waals surface area (Å²) >= 11 is 4.19. The van der Waals surface area contributed by atoms with Gasteiger partial charge in [-0.1, -0.05) is 11.3 Å². The zero-order valence-electron chi connectivity index (χ0n) is 19.7. The van der Waals surface area contributed by atoms with Gasteiger partial charge in [0.25, 0.3) is 5.91 Å². The summed E-state index contributed by atoms with van der Waals surface area (Å²) in [6.07, 6.45) is 2.28. The lowest BCUT2D eigenvalue weighted by molar-refractivity contribution is -0.1000. The first-order valence-electron chi connectivity index (χ1n) is 11.0. The number of nitrogens with zero attached hydrogens (tertiary/aromatic N) is 3. The molecule has 0 saturated carbocycles. The molecule has 14 heteroatoms. The molecule has 4 heterocycles. The largest absolute Gasteiger partial charge is 0.465 e. The second-order valence-electron chi connectivity index (χ2n) is 9.54. The smallest absolute Gasteiger partial charge is 0.409 e. The molecule has 2 aliphatic heterocycles. The predicted octanol–water partition coefficient (Wildman–Crippen LogP) is 4.04. The summed E-state index contributed by atoms with van der Waals surface area (Å²) in [6, 6.07) is -0.177. The van der Waals surface area contributed by atoms with Crippen LogP contribution in [0.4, 0.5) is 20.3 Å². The van der Waals surface area contributed by atoms with Crippen LogP contribution in [0.1, 0.15) is 62.6 Å². The summed E-state index contributed by atoms with van der Waals surface area (Å²) in [7, 11) is 1.78. The van der Waals surface area contributed by atoms with Crippen LogP contribution in [0, 0.1) is 0 Å². The van der Waals surface area contributed by atoms with E-state index in [1.54, 1.807) is 11.7 Å². The fraction of sp³-hybridized carbons (Fsp3) is 0.571. The van der Waals surface area contributed by atoms with Gasteiger partial charge in [0.2, 0.25) is 0 Å². The quantitative estimate of drug-likeness (QED) is 0.419. The second-order valence-corrected chi connectivity index (χ2v) is 11.8. The van der Waals surface area contributed by atoms with E-state index in [9.17, 15) is 14.4 Å². The molecule has 4 N–H and O–H groups in total. The van der Waals surface area contributed by atoms with Gasteiger partial charge in [-0.25, -0.2) is 14.6 Å². The third kappa shape index (κ3) is 5.43. The van der Waals surface area contributed by atoms with Gasteiger partial charge >= 0.3 is 12.2 Å². The van der Waals surface area contributed by atoms with Gasteiger partial charge in [0, 0.05) is 7.05 Å². The number of hydrogen-bond donors (Lipinski definition) is 4. The first kappa shape index (κ1) is 25.4. The van der Waals surface area contributed by atoms with E-state index in [1.165, 1.54) is 6.20 Å². The molecule has 4 rings (SSSR count). The Labute approximate surface area is 213 Å². The minimum Gasteiger partial charge on any atom is -0.465 e. The third-order valence-corrected chi connectivity index (χ3v) is 7.30. The Hall–Kier alpha value is -2.71. The van der Waals surface area contributed by atoms with Gasteiger partial charge in [-0.05, 0) is 62.4 Å². The van der Waals surface area contributed by atoms with Crippen molar-refractivity contribution in [2.24, 2.45) is 7.05 Å². The standard InChI is InChI=1S/C21H27BrN6O6S/c1-20(2,3)34-19(32)25-10-5-7-21(8-6-12(10)33-21)14-11(9-23-28(14)4)24-15(29)13-16(27-18(30)31)35-17(22)26-13/h9-10,12,27H,5-8H2,1-4H3,(H,24,29)(H,25,32)(H,30,31). The molecule has 2 aliphatic rings. The van der Waals surface area contributed by atoms with Gasteiger partial charge in [-0.2, -0.15) is 5.10 Å². The Bertz CT molecular complexity index is 1160. The summed E-state index contributed by atoms with van der Waals surface area (Å²) in [4.78, 5) is 40.5. The van der Waals surface area contributed by atoms with Crippen LogP contribution in [0.15, 0.2) is 10.1 Å². The SMILES string of the molecule is Cn1ncc(NC(=O)c2nc(Br)sc2NC(=O)O)c1C12CCC(NC(=O)OC(C)(C)C)C(CC1)O2. The van der Waals surface area contributed by atoms with Crippen molar-refractivity contribution in [1.82, 2.24) is 20.1 Å².